The van der Waals surface area contributed by atoms with Gasteiger partial charge in [-0.15, -0.1) is 0 Å². The van der Waals surface area contributed by atoms with E-state index in [9.17, 15) is 13.2 Å². The molecule has 0 saturated carbocycles. The van der Waals surface area contributed by atoms with Crippen molar-refractivity contribution in [3.05, 3.63) is 54.1 Å². The molecule has 1 amide bonds. The quantitative estimate of drug-likeness (QED) is 0.562. The largest absolute Gasteiger partial charge is 0.492 e. The van der Waals surface area contributed by atoms with Crippen LogP contribution >= 0.6 is 0 Å². The molecule has 8 heteroatoms. The number of nitrogens with zero attached hydrogens (tertiary/aromatic N) is 2. The first-order valence-corrected chi connectivity index (χ1v) is 11.7. The van der Waals surface area contributed by atoms with Gasteiger partial charge in [0.05, 0.1) is 6.61 Å². The molecular formula is C23H31N3O4S. The van der Waals surface area contributed by atoms with E-state index in [2.05, 4.69) is 5.32 Å². The normalized spacial score (nSPS) is 11.7. The predicted octanol–water partition coefficient (Wildman–Crippen LogP) is 3.83. The number of rotatable bonds is 10. The molecule has 1 N–H and O–H groups in total. The molecule has 7 nitrogen and oxygen atoms in total. The van der Waals surface area contributed by atoms with Crippen LogP contribution in [0.3, 0.4) is 0 Å². The van der Waals surface area contributed by atoms with E-state index in [-0.39, 0.29) is 16.6 Å². The highest BCUT2D eigenvalue weighted by molar-refractivity contribution is 7.89. The van der Waals surface area contributed by atoms with Crippen LogP contribution in [0.25, 0.3) is 6.08 Å². The van der Waals surface area contributed by atoms with Gasteiger partial charge < -0.3 is 15.0 Å². The van der Waals surface area contributed by atoms with Crippen molar-refractivity contribution in [3.8, 4) is 5.75 Å². The third-order valence-corrected chi connectivity index (χ3v) is 6.74. The summed E-state index contributed by atoms with van der Waals surface area (Å²) < 4.78 is 32.9. The fourth-order valence-electron chi connectivity index (χ4n) is 3.00. The van der Waals surface area contributed by atoms with Gasteiger partial charge in [0.25, 0.3) is 0 Å². The van der Waals surface area contributed by atoms with Crippen LogP contribution < -0.4 is 15.0 Å². The third-order valence-electron chi connectivity index (χ3n) is 4.67. The Hall–Kier alpha value is -2.84. The van der Waals surface area contributed by atoms with Crippen molar-refractivity contribution in [2.24, 2.45) is 0 Å². The van der Waals surface area contributed by atoms with Crippen molar-refractivity contribution in [1.29, 1.82) is 0 Å². The zero-order valence-electron chi connectivity index (χ0n) is 18.8. The summed E-state index contributed by atoms with van der Waals surface area (Å²) in [7, 11) is 0.180. The first-order valence-electron chi connectivity index (χ1n) is 10.3. The van der Waals surface area contributed by atoms with E-state index >= 15 is 0 Å². The van der Waals surface area contributed by atoms with E-state index in [4.69, 9.17) is 4.74 Å². The van der Waals surface area contributed by atoms with Crippen molar-refractivity contribution in [2.75, 3.05) is 44.0 Å². The fraction of sp³-hybridized carbons (Fsp3) is 0.348. The van der Waals surface area contributed by atoms with Gasteiger partial charge in [-0.25, -0.2) is 8.42 Å². The number of sulfonamides is 1. The maximum absolute atomic E-state index is 13.0. The number of hydrogen-bond acceptors (Lipinski definition) is 5. The van der Waals surface area contributed by atoms with Gasteiger partial charge in [-0.05, 0) is 48.9 Å². The van der Waals surface area contributed by atoms with E-state index in [0.29, 0.717) is 25.4 Å². The van der Waals surface area contributed by atoms with E-state index in [1.165, 1.54) is 16.4 Å². The SMILES string of the molecule is CCOc1ccc(NC(=O)/C=C/c2ccc(N(C)C)cc2)cc1S(=O)(=O)N(CC)CC. The Morgan fingerprint density at radius 1 is 1.03 bits per heavy atom. The van der Waals surface area contributed by atoms with Crippen LogP contribution in [-0.4, -0.2) is 52.4 Å². The average Bonchev–Trinajstić information content (AvgIpc) is 2.74. The lowest BCUT2D eigenvalue weighted by Crippen LogP contribution is -2.31. The molecule has 2 aromatic rings. The molecule has 168 valence electrons. The molecule has 0 bridgehead atoms. The van der Waals surface area contributed by atoms with Crippen LogP contribution in [0.15, 0.2) is 53.4 Å². The first kappa shape index (κ1) is 24.4. The Morgan fingerprint density at radius 3 is 2.23 bits per heavy atom. The van der Waals surface area contributed by atoms with Gasteiger partial charge >= 0.3 is 0 Å². The lowest BCUT2D eigenvalue weighted by Gasteiger charge is -2.21. The van der Waals surface area contributed by atoms with Crippen LogP contribution in [0.5, 0.6) is 5.75 Å². The van der Waals surface area contributed by atoms with Gasteiger partial charge in [0.1, 0.15) is 10.6 Å². The molecule has 0 heterocycles. The molecule has 0 unspecified atom stereocenters. The first-order chi connectivity index (χ1) is 14.7. The molecule has 2 aromatic carbocycles. The Morgan fingerprint density at radius 2 is 1.68 bits per heavy atom. The molecule has 0 aliphatic rings. The topological polar surface area (TPSA) is 79.0 Å². The zero-order chi connectivity index (χ0) is 23.0. The number of carbonyl (C=O) groups is 1. The Balaban J connectivity index is 2.23. The molecule has 0 fully saturated rings. The standard InChI is InChI=1S/C23H31N3O4S/c1-6-26(7-2)31(28,29)22-17-19(12-15-21(22)30-8-3)24-23(27)16-11-18-9-13-20(14-10-18)25(4)5/h9-17H,6-8H2,1-5H3,(H,24,27)/b16-11+. The Labute approximate surface area is 185 Å². The lowest BCUT2D eigenvalue weighted by atomic mass is 10.2. The summed E-state index contributed by atoms with van der Waals surface area (Å²) in [4.78, 5) is 14.4. The molecule has 0 aliphatic heterocycles. The summed E-state index contributed by atoms with van der Waals surface area (Å²) in [5, 5.41) is 2.73. The summed E-state index contributed by atoms with van der Waals surface area (Å²) in [6.45, 7) is 6.37. The van der Waals surface area contributed by atoms with E-state index in [0.717, 1.165) is 11.3 Å². The number of carbonyl (C=O) groups excluding carboxylic acids is 1. The monoisotopic (exact) mass is 445 g/mol. The van der Waals surface area contributed by atoms with Crippen molar-refractivity contribution < 1.29 is 17.9 Å². The van der Waals surface area contributed by atoms with Gasteiger partial charge in [-0.3, -0.25) is 4.79 Å². The highest BCUT2D eigenvalue weighted by Gasteiger charge is 2.26. The molecule has 0 aromatic heterocycles. The van der Waals surface area contributed by atoms with E-state index < -0.39 is 10.0 Å². The molecule has 0 aliphatic carbocycles. The second kappa shape index (κ2) is 11.0. The highest BCUT2D eigenvalue weighted by Crippen LogP contribution is 2.30. The number of amides is 1. The van der Waals surface area contributed by atoms with Gasteiger partial charge in [0.2, 0.25) is 15.9 Å². The summed E-state index contributed by atoms with van der Waals surface area (Å²) in [6.07, 6.45) is 3.12. The minimum absolute atomic E-state index is 0.0408. The van der Waals surface area contributed by atoms with Crippen LogP contribution in [0.4, 0.5) is 11.4 Å². The van der Waals surface area contributed by atoms with Gasteiger partial charge in [0.15, 0.2) is 0 Å². The molecule has 2 rings (SSSR count). The number of ether oxygens (including phenoxy) is 1. The van der Waals surface area contributed by atoms with Gasteiger partial charge in [-0.2, -0.15) is 4.31 Å². The van der Waals surface area contributed by atoms with Crippen LogP contribution in [0.1, 0.15) is 26.3 Å². The van der Waals surface area contributed by atoms with Gasteiger partial charge in [-0.1, -0.05) is 26.0 Å². The number of benzene rings is 2. The summed E-state index contributed by atoms with van der Waals surface area (Å²) >= 11 is 0. The fourth-order valence-corrected chi connectivity index (χ4v) is 4.62. The van der Waals surface area contributed by atoms with Crippen molar-refractivity contribution >= 4 is 33.4 Å². The van der Waals surface area contributed by atoms with Crippen LogP contribution in [-0.2, 0) is 14.8 Å². The average molecular weight is 446 g/mol. The molecule has 31 heavy (non-hydrogen) atoms. The smallest absolute Gasteiger partial charge is 0.248 e. The lowest BCUT2D eigenvalue weighted by molar-refractivity contribution is -0.111. The minimum atomic E-state index is -3.74. The Kier molecular flexibility index (Phi) is 8.65. The van der Waals surface area contributed by atoms with Crippen molar-refractivity contribution in [1.82, 2.24) is 4.31 Å². The van der Waals surface area contributed by atoms with Gasteiger partial charge in [0, 0.05) is 44.6 Å². The molecule has 0 saturated heterocycles. The third kappa shape index (κ3) is 6.32. The maximum atomic E-state index is 13.0. The second-order valence-electron chi connectivity index (χ2n) is 6.99. The number of hydrogen-bond donors (Lipinski definition) is 1. The Bertz CT molecular complexity index is 1010. The van der Waals surface area contributed by atoms with Crippen molar-refractivity contribution in [2.45, 2.75) is 25.7 Å². The van der Waals surface area contributed by atoms with Crippen LogP contribution in [0.2, 0.25) is 0 Å². The molecule has 0 radical (unpaired) electrons. The summed E-state index contributed by atoms with van der Waals surface area (Å²) in [5.74, 6) is -0.0871. The minimum Gasteiger partial charge on any atom is -0.492 e. The molecular weight excluding hydrogens is 414 g/mol. The van der Waals surface area contributed by atoms with Crippen molar-refractivity contribution in [3.63, 3.8) is 0 Å². The predicted molar refractivity (Wildman–Crippen MR) is 126 cm³/mol. The highest BCUT2D eigenvalue weighted by atomic mass is 32.2. The summed E-state index contributed by atoms with van der Waals surface area (Å²) in [6, 6.07) is 12.4. The van der Waals surface area contributed by atoms with Crippen LogP contribution in [0, 0.1) is 0 Å². The van der Waals surface area contributed by atoms with E-state index in [1.54, 1.807) is 39.0 Å². The number of anilines is 2. The van der Waals surface area contributed by atoms with E-state index in [1.807, 2.05) is 43.3 Å². The number of nitrogens with one attached hydrogen (secondary N) is 1. The molecule has 0 spiro atoms. The second-order valence-corrected chi connectivity index (χ2v) is 8.90. The summed E-state index contributed by atoms with van der Waals surface area (Å²) in [5.41, 5.74) is 2.34. The zero-order valence-corrected chi connectivity index (χ0v) is 19.6. The maximum Gasteiger partial charge on any atom is 0.248 e. The molecule has 0 atom stereocenters.